The SMILES string of the molecule is CCC(CC)C(=O)Nc1cc(S(=O)(=O)Cl)ccc1OC. The van der Waals surface area contributed by atoms with Gasteiger partial charge in [-0.1, -0.05) is 13.8 Å². The first-order valence-electron chi connectivity index (χ1n) is 6.27. The number of carbonyl (C=O) groups is 1. The molecule has 0 aromatic heterocycles. The van der Waals surface area contributed by atoms with E-state index in [0.29, 0.717) is 24.3 Å². The molecule has 0 radical (unpaired) electrons. The Labute approximate surface area is 123 Å². The molecule has 20 heavy (non-hydrogen) atoms. The summed E-state index contributed by atoms with van der Waals surface area (Å²) < 4.78 is 27.8. The average Bonchev–Trinajstić information content (AvgIpc) is 2.39. The van der Waals surface area contributed by atoms with Gasteiger partial charge in [0.2, 0.25) is 5.91 Å². The van der Waals surface area contributed by atoms with E-state index >= 15 is 0 Å². The second kappa shape index (κ2) is 6.95. The highest BCUT2D eigenvalue weighted by molar-refractivity contribution is 8.13. The van der Waals surface area contributed by atoms with E-state index in [9.17, 15) is 13.2 Å². The van der Waals surface area contributed by atoms with Gasteiger partial charge in [0.15, 0.2) is 0 Å². The van der Waals surface area contributed by atoms with E-state index in [1.807, 2.05) is 13.8 Å². The summed E-state index contributed by atoms with van der Waals surface area (Å²) in [5, 5.41) is 2.69. The van der Waals surface area contributed by atoms with E-state index in [0.717, 1.165) is 0 Å². The minimum atomic E-state index is -3.85. The van der Waals surface area contributed by atoms with E-state index in [4.69, 9.17) is 15.4 Å². The zero-order valence-corrected chi connectivity index (χ0v) is 13.2. The molecule has 0 heterocycles. The van der Waals surface area contributed by atoms with Crippen LogP contribution in [0.1, 0.15) is 26.7 Å². The summed E-state index contributed by atoms with van der Waals surface area (Å²) in [6.07, 6.45) is 1.41. The molecule has 1 N–H and O–H groups in total. The van der Waals surface area contributed by atoms with Gasteiger partial charge in [0.1, 0.15) is 5.75 Å². The number of carbonyl (C=O) groups excluding carboxylic acids is 1. The van der Waals surface area contributed by atoms with Gasteiger partial charge in [-0.2, -0.15) is 0 Å². The molecule has 5 nitrogen and oxygen atoms in total. The molecule has 0 aliphatic rings. The number of amides is 1. The van der Waals surface area contributed by atoms with Crippen molar-refractivity contribution in [1.82, 2.24) is 0 Å². The quantitative estimate of drug-likeness (QED) is 0.818. The molecular weight excluding hydrogens is 302 g/mol. The molecule has 7 heteroatoms. The van der Waals surface area contributed by atoms with Crippen LogP contribution in [0.4, 0.5) is 5.69 Å². The number of anilines is 1. The van der Waals surface area contributed by atoms with Gasteiger partial charge in [-0.15, -0.1) is 0 Å². The van der Waals surface area contributed by atoms with Crippen molar-refractivity contribution in [2.75, 3.05) is 12.4 Å². The summed E-state index contributed by atoms with van der Waals surface area (Å²) >= 11 is 0. The zero-order chi connectivity index (χ0) is 15.3. The molecule has 112 valence electrons. The van der Waals surface area contributed by atoms with Gasteiger partial charge < -0.3 is 10.1 Å². The maximum absolute atomic E-state index is 12.1. The third kappa shape index (κ3) is 4.11. The highest BCUT2D eigenvalue weighted by atomic mass is 35.7. The number of methoxy groups -OCH3 is 1. The maximum atomic E-state index is 12.1. The Morgan fingerprint density at radius 2 is 1.95 bits per heavy atom. The summed E-state index contributed by atoms with van der Waals surface area (Å²) in [6.45, 7) is 3.84. The summed E-state index contributed by atoms with van der Waals surface area (Å²) in [4.78, 5) is 12.0. The Hall–Kier alpha value is -1.27. The number of hydrogen-bond donors (Lipinski definition) is 1. The molecule has 0 spiro atoms. The molecule has 0 unspecified atom stereocenters. The summed E-state index contributed by atoms with van der Waals surface area (Å²) in [5.41, 5.74) is 0.297. The molecule has 0 saturated carbocycles. The van der Waals surface area contributed by atoms with Gasteiger partial charge in [-0.3, -0.25) is 4.79 Å². The standard InChI is InChI=1S/C13H18ClNO4S/c1-4-9(5-2)13(16)15-11-8-10(20(14,17)18)6-7-12(11)19-3/h6-9H,4-5H2,1-3H3,(H,15,16). The van der Waals surface area contributed by atoms with Crippen molar-refractivity contribution in [2.24, 2.45) is 5.92 Å². The Morgan fingerprint density at radius 1 is 1.35 bits per heavy atom. The summed E-state index contributed by atoms with van der Waals surface area (Å²) in [5.74, 6) is 0.0850. The van der Waals surface area contributed by atoms with Crippen LogP contribution in [0.25, 0.3) is 0 Å². The topological polar surface area (TPSA) is 72.5 Å². The first-order valence-corrected chi connectivity index (χ1v) is 8.58. The van der Waals surface area contributed by atoms with Crippen molar-refractivity contribution in [2.45, 2.75) is 31.6 Å². The lowest BCUT2D eigenvalue weighted by atomic mass is 10.0. The van der Waals surface area contributed by atoms with Gasteiger partial charge in [0.25, 0.3) is 9.05 Å². The van der Waals surface area contributed by atoms with Gasteiger partial charge in [-0.05, 0) is 31.0 Å². The normalized spacial score (nSPS) is 11.4. The minimum Gasteiger partial charge on any atom is -0.495 e. The van der Waals surface area contributed by atoms with Crippen molar-refractivity contribution >= 4 is 31.3 Å². The van der Waals surface area contributed by atoms with Crippen LogP contribution in [0, 0.1) is 5.92 Å². The second-order valence-electron chi connectivity index (χ2n) is 4.30. The maximum Gasteiger partial charge on any atom is 0.261 e. The molecule has 0 atom stereocenters. The highest BCUT2D eigenvalue weighted by Gasteiger charge is 2.18. The summed E-state index contributed by atoms with van der Waals surface area (Å²) in [7, 11) is 2.89. The fourth-order valence-electron chi connectivity index (χ4n) is 1.83. The fraction of sp³-hybridized carbons (Fsp3) is 0.462. The molecule has 1 aromatic carbocycles. The van der Waals surface area contributed by atoms with E-state index in [-0.39, 0.29) is 16.7 Å². The fourth-order valence-corrected chi connectivity index (χ4v) is 2.61. The molecule has 1 amide bonds. The van der Waals surface area contributed by atoms with Crippen molar-refractivity contribution in [3.05, 3.63) is 18.2 Å². The van der Waals surface area contributed by atoms with Crippen LogP contribution in [-0.2, 0) is 13.8 Å². The molecule has 1 rings (SSSR count). The first-order chi connectivity index (χ1) is 9.33. The lowest BCUT2D eigenvalue weighted by Crippen LogP contribution is -2.22. The number of rotatable bonds is 6. The molecule has 0 bridgehead atoms. The number of hydrogen-bond acceptors (Lipinski definition) is 4. The molecule has 0 saturated heterocycles. The average molecular weight is 320 g/mol. The lowest BCUT2D eigenvalue weighted by molar-refractivity contribution is -0.120. The molecule has 0 aliphatic carbocycles. The predicted octanol–water partition coefficient (Wildman–Crippen LogP) is 3.00. The molecule has 0 fully saturated rings. The van der Waals surface area contributed by atoms with Crippen molar-refractivity contribution in [3.63, 3.8) is 0 Å². The largest absolute Gasteiger partial charge is 0.495 e. The molecule has 1 aromatic rings. The van der Waals surface area contributed by atoms with Crippen molar-refractivity contribution < 1.29 is 17.9 Å². The smallest absolute Gasteiger partial charge is 0.261 e. The van der Waals surface area contributed by atoms with Gasteiger partial charge in [-0.25, -0.2) is 8.42 Å². The van der Waals surface area contributed by atoms with E-state index in [1.54, 1.807) is 0 Å². The monoisotopic (exact) mass is 319 g/mol. The van der Waals surface area contributed by atoms with Gasteiger partial charge >= 0.3 is 0 Å². The second-order valence-corrected chi connectivity index (χ2v) is 6.87. The van der Waals surface area contributed by atoms with Crippen LogP contribution in [0.5, 0.6) is 5.75 Å². The summed E-state index contributed by atoms with van der Waals surface area (Å²) in [6, 6.07) is 4.08. The van der Waals surface area contributed by atoms with Gasteiger partial charge in [0.05, 0.1) is 17.7 Å². The number of halogens is 1. The third-order valence-corrected chi connectivity index (χ3v) is 4.42. The molecule has 0 aliphatic heterocycles. The lowest BCUT2D eigenvalue weighted by Gasteiger charge is -2.15. The van der Waals surface area contributed by atoms with Crippen molar-refractivity contribution in [3.8, 4) is 5.75 Å². The van der Waals surface area contributed by atoms with Crippen LogP contribution in [0.3, 0.4) is 0 Å². The van der Waals surface area contributed by atoms with E-state index in [2.05, 4.69) is 5.32 Å². The Morgan fingerprint density at radius 3 is 2.40 bits per heavy atom. The van der Waals surface area contributed by atoms with E-state index in [1.165, 1.54) is 25.3 Å². The van der Waals surface area contributed by atoms with E-state index < -0.39 is 9.05 Å². The van der Waals surface area contributed by atoms with Crippen molar-refractivity contribution in [1.29, 1.82) is 0 Å². The Kier molecular flexibility index (Phi) is 5.83. The predicted molar refractivity (Wildman–Crippen MR) is 78.7 cm³/mol. The first kappa shape index (κ1) is 16.8. The van der Waals surface area contributed by atoms with Crippen LogP contribution in [0.2, 0.25) is 0 Å². The minimum absolute atomic E-state index is 0.0835. The highest BCUT2D eigenvalue weighted by Crippen LogP contribution is 2.29. The van der Waals surface area contributed by atoms with Crippen LogP contribution < -0.4 is 10.1 Å². The third-order valence-electron chi connectivity index (χ3n) is 3.07. The number of benzene rings is 1. The number of ether oxygens (including phenoxy) is 1. The van der Waals surface area contributed by atoms with Crippen LogP contribution in [-0.4, -0.2) is 21.4 Å². The Balaban J connectivity index is 3.12. The zero-order valence-electron chi connectivity index (χ0n) is 11.6. The van der Waals surface area contributed by atoms with Crippen LogP contribution >= 0.6 is 10.7 Å². The molecular formula is C13H18ClNO4S. The Bertz CT molecular complexity index is 582. The number of nitrogens with one attached hydrogen (secondary N) is 1. The van der Waals surface area contributed by atoms with Crippen LogP contribution in [0.15, 0.2) is 23.1 Å². The van der Waals surface area contributed by atoms with Gasteiger partial charge in [0, 0.05) is 16.6 Å².